The first-order valence-electron chi connectivity index (χ1n) is 6.10. The number of thiophene rings is 1. The van der Waals surface area contributed by atoms with Gasteiger partial charge in [0.05, 0.1) is 0 Å². The van der Waals surface area contributed by atoms with Crippen molar-refractivity contribution < 1.29 is 0 Å². The molecule has 1 heterocycles. The lowest BCUT2D eigenvalue weighted by Crippen LogP contribution is -2.42. The van der Waals surface area contributed by atoms with Crippen LogP contribution in [-0.2, 0) is 6.42 Å². The molecule has 1 aromatic rings. The summed E-state index contributed by atoms with van der Waals surface area (Å²) in [6.07, 6.45) is 10.3. The third-order valence-electron chi connectivity index (χ3n) is 3.46. The van der Waals surface area contributed by atoms with Gasteiger partial charge in [-0.05, 0) is 30.7 Å². The lowest BCUT2D eigenvalue weighted by molar-refractivity contribution is 0.316. The van der Waals surface area contributed by atoms with Crippen molar-refractivity contribution in [3.05, 3.63) is 22.4 Å². The van der Waals surface area contributed by atoms with E-state index in [0.717, 1.165) is 6.42 Å². The molecule has 0 atom stereocenters. The van der Waals surface area contributed by atoms with Crippen molar-refractivity contribution in [2.45, 2.75) is 56.9 Å². The molecule has 2 rings (SSSR count). The lowest BCUT2D eigenvalue weighted by Gasteiger charge is -2.31. The summed E-state index contributed by atoms with van der Waals surface area (Å²) in [7, 11) is 0. The molecule has 1 aromatic heterocycles. The average molecular weight is 223 g/mol. The van der Waals surface area contributed by atoms with E-state index in [9.17, 15) is 0 Å². The van der Waals surface area contributed by atoms with Gasteiger partial charge >= 0.3 is 0 Å². The Kier molecular flexibility index (Phi) is 3.81. The van der Waals surface area contributed by atoms with Crippen molar-refractivity contribution in [1.82, 2.24) is 0 Å². The Morgan fingerprint density at radius 2 is 1.80 bits per heavy atom. The van der Waals surface area contributed by atoms with Gasteiger partial charge in [-0.3, -0.25) is 0 Å². The van der Waals surface area contributed by atoms with Crippen molar-refractivity contribution in [1.29, 1.82) is 0 Å². The van der Waals surface area contributed by atoms with Gasteiger partial charge in [0.1, 0.15) is 0 Å². The molecular weight excluding hydrogens is 202 g/mol. The van der Waals surface area contributed by atoms with Crippen LogP contribution in [0.15, 0.2) is 17.5 Å². The van der Waals surface area contributed by atoms with Gasteiger partial charge in [-0.2, -0.15) is 0 Å². The first kappa shape index (κ1) is 11.2. The Hall–Kier alpha value is -0.340. The smallest absolute Gasteiger partial charge is 0.0203 e. The van der Waals surface area contributed by atoms with Crippen molar-refractivity contribution in [2.24, 2.45) is 5.73 Å². The first-order valence-corrected chi connectivity index (χ1v) is 6.98. The summed E-state index contributed by atoms with van der Waals surface area (Å²) in [5.74, 6) is 0. The summed E-state index contributed by atoms with van der Waals surface area (Å²) >= 11 is 1.85. The van der Waals surface area contributed by atoms with E-state index >= 15 is 0 Å². The van der Waals surface area contributed by atoms with Crippen LogP contribution in [0.1, 0.15) is 49.8 Å². The van der Waals surface area contributed by atoms with E-state index in [0.29, 0.717) is 0 Å². The van der Waals surface area contributed by atoms with Crippen molar-refractivity contribution in [2.75, 3.05) is 0 Å². The molecule has 0 aliphatic heterocycles. The van der Waals surface area contributed by atoms with Crippen LogP contribution in [0, 0.1) is 0 Å². The number of hydrogen-bond acceptors (Lipinski definition) is 2. The van der Waals surface area contributed by atoms with Crippen LogP contribution in [0.4, 0.5) is 0 Å². The molecular formula is C13H21NS. The Morgan fingerprint density at radius 3 is 2.40 bits per heavy atom. The quantitative estimate of drug-likeness (QED) is 0.812. The third-order valence-corrected chi connectivity index (χ3v) is 4.33. The van der Waals surface area contributed by atoms with Gasteiger partial charge in [0, 0.05) is 10.4 Å². The SMILES string of the molecule is NC1(Cc2cccs2)CCCCCCC1. The summed E-state index contributed by atoms with van der Waals surface area (Å²) in [4.78, 5) is 1.46. The van der Waals surface area contributed by atoms with Crippen LogP contribution >= 0.6 is 11.3 Å². The molecule has 1 aliphatic carbocycles. The zero-order valence-electron chi connectivity index (χ0n) is 9.37. The molecule has 1 nitrogen and oxygen atoms in total. The number of hydrogen-bond donors (Lipinski definition) is 1. The summed E-state index contributed by atoms with van der Waals surface area (Å²) < 4.78 is 0. The predicted molar refractivity (Wildman–Crippen MR) is 67.3 cm³/mol. The standard InChI is InChI=1S/C13H21NS/c14-13(11-12-7-6-10-15-12)8-4-2-1-3-5-9-13/h6-7,10H,1-5,8-9,11,14H2. The Bertz CT molecular complexity index is 271. The van der Waals surface area contributed by atoms with Crippen LogP contribution in [0.3, 0.4) is 0 Å². The second kappa shape index (κ2) is 5.13. The van der Waals surface area contributed by atoms with Crippen LogP contribution in [0.2, 0.25) is 0 Å². The van der Waals surface area contributed by atoms with E-state index in [1.165, 1.54) is 49.8 Å². The summed E-state index contributed by atoms with van der Waals surface area (Å²) in [6.45, 7) is 0. The van der Waals surface area contributed by atoms with Gasteiger partial charge in [-0.1, -0.05) is 38.2 Å². The monoisotopic (exact) mass is 223 g/mol. The topological polar surface area (TPSA) is 26.0 Å². The molecule has 2 N–H and O–H groups in total. The van der Waals surface area contributed by atoms with E-state index in [2.05, 4.69) is 17.5 Å². The fraction of sp³-hybridized carbons (Fsp3) is 0.692. The van der Waals surface area contributed by atoms with Gasteiger partial charge < -0.3 is 5.73 Å². The second-order valence-electron chi connectivity index (χ2n) is 4.89. The van der Waals surface area contributed by atoms with Gasteiger partial charge in [0.15, 0.2) is 0 Å². The van der Waals surface area contributed by atoms with E-state index in [-0.39, 0.29) is 5.54 Å². The van der Waals surface area contributed by atoms with E-state index in [4.69, 9.17) is 5.73 Å². The molecule has 0 amide bonds. The fourth-order valence-corrected chi connectivity index (χ4v) is 3.41. The largest absolute Gasteiger partial charge is 0.325 e. The van der Waals surface area contributed by atoms with Gasteiger partial charge in [-0.25, -0.2) is 0 Å². The minimum Gasteiger partial charge on any atom is -0.325 e. The molecule has 0 radical (unpaired) electrons. The summed E-state index contributed by atoms with van der Waals surface area (Å²) in [6, 6.07) is 4.35. The van der Waals surface area contributed by atoms with Crippen LogP contribution in [0.25, 0.3) is 0 Å². The highest BCUT2D eigenvalue weighted by molar-refractivity contribution is 7.09. The van der Waals surface area contributed by atoms with Gasteiger partial charge in [0.2, 0.25) is 0 Å². The van der Waals surface area contributed by atoms with Crippen LogP contribution < -0.4 is 5.73 Å². The van der Waals surface area contributed by atoms with Gasteiger partial charge in [-0.15, -0.1) is 11.3 Å². The molecule has 1 aliphatic rings. The highest BCUT2D eigenvalue weighted by Gasteiger charge is 2.25. The van der Waals surface area contributed by atoms with Crippen LogP contribution in [-0.4, -0.2) is 5.54 Å². The minimum absolute atomic E-state index is 0.0886. The number of nitrogens with two attached hydrogens (primary N) is 1. The van der Waals surface area contributed by atoms with E-state index < -0.39 is 0 Å². The molecule has 2 heteroatoms. The van der Waals surface area contributed by atoms with Crippen LogP contribution in [0.5, 0.6) is 0 Å². The summed E-state index contributed by atoms with van der Waals surface area (Å²) in [5, 5.41) is 2.15. The predicted octanol–water partition coefficient (Wildman–Crippen LogP) is 3.73. The first-order chi connectivity index (χ1) is 7.29. The molecule has 1 fully saturated rings. The molecule has 0 aromatic carbocycles. The zero-order chi connectivity index (χ0) is 10.6. The minimum atomic E-state index is 0.0886. The fourth-order valence-electron chi connectivity index (χ4n) is 2.55. The zero-order valence-corrected chi connectivity index (χ0v) is 10.2. The second-order valence-corrected chi connectivity index (χ2v) is 5.92. The average Bonchev–Trinajstić information content (AvgIpc) is 2.65. The maximum Gasteiger partial charge on any atom is 0.0203 e. The Labute approximate surface area is 96.7 Å². The maximum absolute atomic E-state index is 6.53. The van der Waals surface area contributed by atoms with Crippen molar-refractivity contribution >= 4 is 11.3 Å². The molecule has 0 spiro atoms. The van der Waals surface area contributed by atoms with Crippen molar-refractivity contribution in [3.8, 4) is 0 Å². The Morgan fingerprint density at radius 1 is 1.13 bits per heavy atom. The third kappa shape index (κ3) is 3.32. The van der Waals surface area contributed by atoms with Crippen molar-refractivity contribution in [3.63, 3.8) is 0 Å². The highest BCUT2D eigenvalue weighted by Crippen LogP contribution is 2.28. The molecule has 84 valence electrons. The van der Waals surface area contributed by atoms with Gasteiger partial charge in [0.25, 0.3) is 0 Å². The normalized spacial score (nSPS) is 21.9. The molecule has 15 heavy (non-hydrogen) atoms. The Balaban J connectivity index is 1.96. The van der Waals surface area contributed by atoms with E-state index in [1.54, 1.807) is 0 Å². The molecule has 0 saturated heterocycles. The highest BCUT2D eigenvalue weighted by atomic mass is 32.1. The lowest BCUT2D eigenvalue weighted by atomic mass is 9.82. The molecule has 0 bridgehead atoms. The molecule has 1 saturated carbocycles. The van der Waals surface area contributed by atoms with E-state index in [1.807, 2.05) is 11.3 Å². The molecule has 0 unspecified atom stereocenters. The maximum atomic E-state index is 6.53. The summed E-state index contributed by atoms with van der Waals surface area (Å²) in [5.41, 5.74) is 6.61. The number of rotatable bonds is 2.